The van der Waals surface area contributed by atoms with Crippen LogP contribution in [0.25, 0.3) is 0 Å². The van der Waals surface area contributed by atoms with Crippen LogP contribution in [0, 0.1) is 5.82 Å². The summed E-state index contributed by atoms with van der Waals surface area (Å²) in [6, 6.07) is 5.05. The minimum Gasteiger partial charge on any atom is -0.386 e. The number of aliphatic hydroxyl groups is 1. The number of hydrogen-bond donors (Lipinski definition) is 1. The monoisotopic (exact) mass is 331 g/mol. The Bertz CT molecular complexity index is 423. The molecule has 0 aliphatic heterocycles. The highest BCUT2D eigenvalue weighted by Crippen LogP contribution is 2.36. The summed E-state index contributed by atoms with van der Waals surface area (Å²) in [7, 11) is 0. The van der Waals surface area contributed by atoms with Crippen LogP contribution in [-0.2, 0) is 0 Å². The fourth-order valence-corrected chi connectivity index (χ4v) is 2.98. The molecule has 2 unspecified atom stereocenters. The van der Waals surface area contributed by atoms with E-state index in [0.717, 1.165) is 19.5 Å². The number of rotatable bonds is 6. The van der Waals surface area contributed by atoms with Gasteiger partial charge in [-0.05, 0) is 48.4 Å². The summed E-state index contributed by atoms with van der Waals surface area (Å²) in [6.45, 7) is 9.78. The summed E-state index contributed by atoms with van der Waals surface area (Å²) in [4.78, 5) is 2.18. The van der Waals surface area contributed by atoms with E-state index in [0.29, 0.717) is 10.0 Å². The predicted molar refractivity (Wildman–Crippen MR) is 80.7 cm³/mol. The summed E-state index contributed by atoms with van der Waals surface area (Å²) < 4.78 is 14.6. The Morgan fingerprint density at radius 2 is 1.89 bits per heavy atom. The van der Waals surface area contributed by atoms with Crippen molar-refractivity contribution in [3.8, 4) is 0 Å². The van der Waals surface area contributed by atoms with Gasteiger partial charge in [0.2, 0.25) is 0 Å². The van der Waals surface area contributed by atoms with Crippen LogP contribution < -0.4 is 0 Å². The van der Waals surface area contributed by atoms with Crippen molar-refractivity contribution >= 4 is 15.9 Å². The van der Waals surface area contributed by atoms with Gasteiger partial charge in [0, 0.05) is 11.1 Å². The fraction of sp³-hybridized carbons (Fsp3) is 0.600. The van der Waals surface area contributed by atoms with Crippen LogP contribution in [0.15, 0.2) is 22.7 Å². The number of aliphatic hydroxyl groups excluding tert-OH is 1. The lowest BCUT2D eigenvalue weighted by atomic mass is 9.85. The molecule has 1 N–H and O–H groups in total. The molecule has 0 saturated heterocycles. The first-order valence-corrected chi connectivity index (χ1v) is 7.58. The SMILES string of the molecule is CCN(CC)C(C)(CC)C(O)c1cccc(Br)c1F. The van der Waals surface area contributed by atoms with Crippen molar-refractivity contribution in [2.45, 2.75) is 45.8 Å². The zero-order valence-electron chi connectivity index (χ0n) is 12.1. The molecule has 1 rings (SSSR count). The minimum absolute atomic E-state index is 0.352. The number of nitrogens with zero attached hydrogens (tertiary/aromatic N) is 1. The number of likely N-dealkylation sites (N-methyl/N-ethyl adjacent to an activating group) is 1. The van der Waals surface area contributed by atoms with E-state index in [4.69, 9.17) is 0 Å². The van der Waals surface area contributed by atoms with E-state index < -0.39 is 11.6 Å². The second kappa shape index (κ2) is 6.82. The summed E-state index contributed by atoms with van der Waals surface area (Å²) in [5, 5.41) is 10.7. The minimum atomic E-state index is -0.852. The normalized spacial score (nSPS) is 16.4. The first-order chi connectivity index (χ1) is 8.92. The molecule has 1 aromatic carbocycles. The van der Waals surface area contributed by atoms with Crippen molar-refractivity contribution in [2.24, 2.45) is 0 Å². The molecular weight excluding hydrogens is 309 g/mol. The second-order valence-electron chi connectivity index (χ2n) is 4.93. The summed E-state index contributed by atoms with van der Waals surface area (Å²) in [5.74, 6) is -0.373. The standard InChI is InChI=1S/C15H23BrFNO/c1-5-15(4,18(6-2)7-3)14(19)11-9-8-10-12(16)13(11)17/h8-10,14,19H,5-7H2,1-4H3. The van der Waals surface area contributed by atoms with Gasteiger partial charge in [-0.2, -0.15) is 0 Å². The maximum absolute atomic E-state index is 14.2. The third kappa shape index (κ3) is 3.18. The second-order valence-corrected chi connectivity index (χ2v) is 5.78. The Kier molecular flexibility index (Phi) is 5.96. The summed E-state index contributed by atoms with van der Waals surface area (Å²) >= 11 is 3.17. The molecule has 0 radical (unpaired) electrons. The van der Waals surface area contributed by atoms with Crippen LogP contribution in [0.3, 0.4) is 0 Å². The van der Waals surface area contributed by atoms with Crippen LogP contribution in [0.5, 0.6) is 0 Å². The molecule has 0 bridgehead atoms. The van der Waals surface area contributed by atoms with Gasteiger partial charge in [0.25, 0.3) is 0 Å². The molecule has 0 aliphatic rings. The van der Waals surface area contributed by atoms with Crippen LogP contribution in [-0.4, -0.2) is 28.6 Å². The highest BCUT2D eigenvalue weighted by molar-refractivity contribution is 9.10. The Morgan fingerprint density at radius 1 is 1.32 bits per heavy atom. The molecule has 0 heterocycles. The van der Waals surface area contributed by atoms with Gasteiger partial charge in [-0.1, -0.05) is 32.9 Å². The van der Waals surface area contributed by atoms with Gasteiger partial charge in [-0.15, -0.1) is 0 Å². The van der Waals surface area contributed by atoms with E-state index in [-0.39, 0.29) is 5.82 Å². The average Bonchev–Trinajstić information content (AvgIpc) is 2.42. The Labute approximate surface area is 123 Å². The van der Waals surface area contributed by atoms with Crippen LogP contribution >= 0.6 is 15.9 Å². The molecule has 2 nitrogen and oxygen atoms in total. The molecule has 0 aromatic heterocycles. The largest absolute Gasteiger partial charge is 0.386 e. The molecule has 4 heteroatoms. The molecule has 0 saturated carbocycles. The lowest BCUT2D eigenvalue weighted by Crippen LogP contribution is -2.50. The van der Waals surface area contributed by atoms with Crippen LogP contribution in [0.1, 0.15) is 45.8 Å². The van der Waals surface area contributed by atoms with Crippen LogP contribution in [0.4, 0.5) is 4.39 Å². The van der Waals surface area contributed by atoms with Gasteiger partial charge in [0.1, 0.15) is 5.82 Å². The highest BCUT2D eigenvalue weighted by Gasteiger charge is 2.38. The zero-order valence-corrected chi connectivity index (χ0v) is 13.7. The van der Waals surface area contributed by atoms with E-state index >= 15 is 0 Å². The van der Waals surface area contributed by atoms with Gasteiger partial charge >= 0.3 is 0 Å². The van der Waals surface area contributed by atoms with E-state index in [9.17, 15) is 9.50 Å². The van der Waals surface area contributed by atoms with Gasteiger partial charge < -0.3 is 5.11 Å². The molecule has 1 aromatic rings. The number of hydrogen-bond acceptors (Lipinski definition) is 2. The smallest absolute Gasteiger partial charge is 0.143 e. The van der Waals surface area contributed by atoms with E-state index in [1.54, 1.807) is 18.2 Å². The molecule has 2 atom stereocenters. The third-order valence-corrected chi connectivity index (χ3v) is 4.68. The predicted octanol–water partition coefficient (Wildman–Crippen LogP) is 4.13. The maximum Gasteiger partial charge on any atom is 0.143 e. The molecule has 0 fully saturated rings. The van der Waals surface area contributed by atoms with E-state index in [1.165, 1.54) is 0 Å². The third-order valence-electron chi connectivity index (χ3n) is 4.07. The Morgan fingerprint density at radius 3 is 2.37 bits per heavy atom. The van der Waals surface area contributed by atoms with Crippen molar-refractivity contribution in [1.82, 2.24) is 4.90 Å². The molecule has 0 amide bonds. The Hall–Kier alpha value is -0.450. The number of benzene rings is 1. The van der Waals surface area contributed by atoms with Crippen molar-refractivity contribution in [3.05, 3.63) is 34.1 Å². The molecular formula is C15H23BrFNO. The van der Waals surface area contributed by atoms with Crippen molar-refractivity contribution in [3.63, 3.8) is 0 Å². The molecule has 19 heavy (non-hydrogen) atoms. The molecule has 0 spiro atoms. The van der Waals surface area contributed by atoms with E-state index in [1.807, 2.05) is 13.8 Å². The van der Waals surface area contributed by atoms with Gasteiger partial charge in [-0.25, -0.2) is 4.39 Å². The van der Waals surface area contributed by atoms with E-state index in [2.05, 4.69) is 34.7 Å². The van der Waals surface area contributed by atoms with Gasteiger partial charge in [-0.3, -0.25) is 4.90 Å². The van der Waals surface area contributed by atoms with Crippen molar-refractivity contribution < 1.29 is 9.50 Å². The highest BCUT2D eigenvalue weighted by atomic mass is 79.9. The summed E-state index contributed by atoms with van der Waals surface area (Å²) in [5.41, 5.74) is -0.115. The van der Waals surface area contributed by atoms with Gasteiger partial charge in [0.05, 0.1) is 10.6 Å². The quantitative estimate of drug-likeness (QED) is 0.847. The van der Waals surface area contributed by atoms with Crippen LogP contribution in [0.2, 0.25) is 0 Å². The molecule has 0 aliphatic carbocycles. The average molecular weight is 332 g/mol. The Balaban J connectivity index is 3.21. The van der Waals surface area contributed by atoms with Crippen molar-refractivity contribution in [2.75, 3.05) is 13.1 Å². The van der Waals surface area contributed by atoms with Gasteiger partial charge in [0.15, 0.2) is 0 Å². The zero-order chi connectivity index (χ0) is 14.6. The summed E-state index contributed by atoms with van der Waals surface area (Å²) in [6.07, 6.45) is -0.100. The first kappa shape index (κ1) is 16.6. The lowest BCUT2D eigenvalue weighted by molar-refractivity contribution is -0.0231. The lowest BCUT2D eigenvalue weighted by Gasteiger charge is -2.43. The van der Waals surface area contributed by atoms with Crippen molar-refractivity contribution in [1.29, 1.82) is 0 Å². The number of halogens is 2. The first-order valence-electron chi connectivity index (χ1n) is 6.79. The fourth-order valence-electron chi connectivity index (χ4n) is 2.60. The topological polar surface area (TPSA) is 23.5 Å². The molecule has 108 valence electrons. The maximum atomic E-state index is 14.2.